The Morgan fingerprint density at radius 1 is 0.821 bits per heavy atom. The highest BCUT2D eigenvalue weighted by Gasteiger charge is 2.13. The van der Waals surface area contributed by atoms with E-state index in [2.05, 4.69) is 97.5 Å². The first-order valence-electron chi connectivity index (χ1n) is 16.3. The average Bonchev–Trinajstić information content (AvgIpc) is 2.92. The van der Waals surface area contributed by atoms with Crippen LogP contribution in [0.25, 0.3) is 5.57 Å². The molecule has 1 nitrogen and oxygen atoms in total. The highest BCUT2D eigenvalue weighted by Crippen LogP contribution is 2.25. The van der Waals surface area contributed by atoms with Crippen LogP contribution in [-0.4, -0.2) is 23.5 Å². The van der Waals surface area contributed by atoms with Gasteiger partial charge in [-0.05, 0) is 55.6 Å². The van der Waals surface area contributed by atoms with Gasteiger partial charge in [0.15, 0.2) is 0 Å². The molecule has 0 aliphatic carbocycles. The van der Waals surface area contributed by atoms with E-state index in [9.17, 15) is 0 Å². The second kappa shape index (κ2) is 33.2. The van der Waals surface area contributed by atoms with Gasteiger partial charge >= 0.3 is 0 Å². The van der Waals surface area contributed by atoms with Gasteiger partial charge in [0.25, 0.3) is 0 Å². The predicted molar refractivity (Wildman–Crippen MR) is 197 cm³/mol. The Hall–Kier alpha value is -0.990. The minimum absolute atomic E-state index is 0.545. The standard InChI is InChI=1S/C16H35NS.C10H12.C5H12.3C2H6/c1-9-16(13(2)3)11-10-15(6)12-17-18(7,8)14(4)5;1-8(2)10-7-5-4-6-9(10)3;1-3-5-4-2;3*1-2/h13-17H,7-12H2,1-6H3;4-7H,1H2,2-3H3;3-5H2,1-2H3;3*1-2H3. The van der Waals surface area contributed by atoms with E-state index in [1.807, 2.05) is 60.6 Å². The van der Waals surface area contributed by atoms with Crippen molar-refractivity contribution in [2.75, 3.05) is 6.54 Å². The molecule has 0 bridgehead atoms. The largest absolute Gasteiger partial charge is 0.275 e. The third-order valence-electron chi connectivity index (χ3n) is 6.43. The first-order chi connectivity index (χ1) is 18.3. The summed E-state index contributed by atoms with van der Waals surface area (Å²) in [7, 11) is -1.10. The van der Waals surface area contributed by atoms with Crippen molar-refractivity contribution in [3.05, 3.63) is 42.0 Å². The maximum Gasteiger partial charge on any atom is 0.00749 e. The number of hydrogen-bond donors (Lipinski definition) is 1. The quantitative estimate of drug-likeness (QED) is 0.248. The van der Waals surface area contributed by atoms with Gasteiger partial charge in [-0.1, -0.05) is 171 Å². The van der Waals surface area contributed by atoms with E-state index in [1.165, 1.54) is 49.7 Å². The Labute approximate surface area is 251 Å². The molecule has 0 radical (unpaired) electrons. The van der Waals surface area contributed by atoms with Gasteiger partial charge in [-0.25, -0.2) is 0 Å². The van der Waals surface area contributed by atoms with Crippen molar-refractivity contribution >= 4 is 26.7 Å². The number of benzene rings is 1. The lowest BCUT2D eigenvalue weighted by atomic mass is 9.86. The van der Waals surface area contributed by atoms with E-state index in [0.717, 1.165) is 29.9 Å². The molecule has 0 fully saturated rings. The second-order valence-electron chi connectivity index (χ2n) is 10.4. The summed E-state index contributed by atoms with van der Waals surface area (Å²) in [6.07, 6.45) is 8.06. The monoisotopic (exact) mass is 568 g/mol. The van der Waals surface area contributed by atoms with E-state index >= 15 is 0 Å². The second-order valence-corrected chi connectivity index (χ2v) is 13.5. The first kappa shape index (κ1) is 47.8. The van der Waals surface area contributed by atoms with Crippen molar-refractivity contribution in [2.45, 2.75) is 155 Å². The van der Waals surface area contributed by atoms with Crippen LogP contribution in [0.1, 0.15) is 154 Å². The van der Waals surface area contributed by atoms with Crippen molar-refractivity contribution in [3.8, 4) is 0 Å². The fraction of sp³-hybridized carbons (Fsp3) is 0.730. The normalized spacial score (nSPS) is 11.4. The number of nitrogens with one attached hydrogen (secondary N) is 1. The van der Waals surface area contributed by atoms with Gasteiger partial charge in [0, 0.05) is 11.8 Å². The number of rotatable bonds is 12. The Bertz CT molecular complexity index is 711. The molecule has 2 atom stereocenters. The molecule has 2 unspecified atom stereocenters. The Balaban J connectivity index is -0.000000153. The molecular weight excluding hydrogens is 490 g/mol. The van der Waals surface area contributed by atoms with Gasteiger partial charge in [-0.2, -0.15) is 9.39 Å². The van der Waals surface area contributed by atoms with E-state index in [0.29, 0.717) is 5.25 Å². The first-order valence-corrected chi connectivity index (χ1v) is 18.3. The summed E-state index contributed by atoms with van der Waals surface area (Å²) in [5.74, 6) is 10.9. The fourth-order valence-electron chi connectivity index (χ4n) is 3.49. The molecule has 1 aromatic carbocycles. The number of unbranched alkanes of at least 4 members (excludes halogenated alkanes) is 2. The highest BCUT2D eigenvalue weighted by molar-refractivity contribution is 8.26. The Morgan fingerprint density at radius 2 is 1.28 bits per heavy atom. The van der Waals surface area contributed by atoms with Crippen molar-refractivity contribution in [1.29, 1.82) is 0 Å². The molecule has 0 saturated heterocycles. The molecule has 1 rings (SSSR count). The summed E-state index contributed by atoms with van der Waals surface area (Å²) >= 11 is 0. The summed E-state index contributed by atoms with van der Waals surface area (Å²) in [6, 6.07) is 8.28. The number of allylic oxidation sites excluding steroid dienone is 1. The number of hydrogen-bond acceptors (Lipinski definition) is 1. The molecule has 0 aromatic heterocycles. The summed E-state index contributed by atoms with van der Waals surface area (Å²) in [4.78, 5) is 0. The zero-order chi connectivity index (χ0) is 32.0. The van der Waals surface area contributed by atoms with Crippen molar-refractivity contribution < 1.29 is 0 Å². The fourth-order valence-corrected chi connectivity index (χ4v) is 4.44. The molecule has 236 valence electrons. The highest BCUT2D eigenvalue weighted by atomic mass is 32.2. The summed E-state index contributed by atoms with van der Waals surface area (Å²) in [6.45, 7) is 39.3. The minimum Gasteiger partial charge on any atom is -0.275 e. The van der Waals surface area contributed by atoms with Crippen molar-refractivity contribution in [3.63, 3.8) is 0 Å². The Kier molecular flexibility index (Phi) is 40.7. The summed E-state index contributed by atoms with van der Waals surface area (Å²) in [5, 5.41) is 0.545. The van der Waals surface area contributed by atoms with Crippen LogP contribution < -0.4 is 4.72 Å². The lowest BCUT2D eigenvalue weighted by Crippen LogP contribution is -2.22. The summed E-state index contributed by atoms with van der Waals surface area (Å²) in [5.41, 5.74) is 3.70. The number of aryl methyl sites for hydroxylation is 1. The van der Waals surface area contributed by atoms with E-state index in [1.54, 1.807) is 0 Å². The molecule has 1 aromatic rings. The molecule has 39 heavy (non-hydrogen) atoms. The summed E-state index contributed by atoms with van der Waals surface area (Å²) < 4.78 is 3.59. The molecule has 0 amide bonds. The average molecular weight is 568 g/mol. The molecular formula is C37H77NS. The molecule has 0 saturated carbocycles. The van der Waals surface area contributed by atoms with Crippen LogP contribution in [0.15, 0.2) is 30.8 Å². The topological polar surface area (TPSA) is 12.0 Å². The smallest absolute Gasteiger partial charge is 0.00749 e. The van der Waals surface area contributed by atoms with Crippen molar-refractivity contribution in [2.24, 2.45) is 17.8 Å². The minimum atomic E-state index is -1.10. The third kappa shape index (κ3) is 29.8. The van der Waals surface area contributed by atoms with Gasteiger partial charge in [-0.15, -0.1) is 0 Å². The van der Waals surface area contributed by atoms with Gasteiger partial charge in [0.2, 0.25) is 0 Å². The maximum atomic E-state index is 4.24. The van der Waals surface area contributed by atoms with E-state index in [4.69, 9.17) is 0 Å². The zero-order valence-corrected chi connectivity index (χ0v) is 30.9. The van der Waals surface area contributed by atoms with E-state index in [-0.39, 0.29) is 0 Å². The van der Waals surface area contributed by atoms with Crippen LogP contribution in [-0.2, 0) is 0 Å². The maximum absolute atomic E-state index is 4.24. The van der Waals surface area contributed by atoms with Gasteiger partial charge < -0.3 is 0 Å². The Morgan fingerprint density at radius 3 is 1.56 bits per heavy atom. The molecule has 2 heteroatoms. The molecule has 0 aliphatic heterocycles. The van der Waals surface area contributed by atoms with Crippen LogP contribution in [0.4, 0.5) is 0 Å². The van der Waals surface area contributed by atoms with Crippen LogP contribution in [0.3, 0.4) is 0 Å². The molecule has 0 aliphatic rings. The lowest BCUT2D eigenvalue weighted by Gasteiger charge is -2.25. The van der Waals surface area contributed by atoms with Crippen LogP contribution in [0, 0.1) is 24.7 Å². The van der Waals surface area contributed by atoms with Crippen LogP contribution in [0.2, 0.25) is 0 Å². The van der Waals surface area contributed by atoms with Crippen molar-refractivity contribution in [1.82, 2.24) is 4.72 Å². The molecule has 0 spiro atoms. The zero-order valence-electron chi connectivity index (χ0n) is 30.1. The van der Waals surface area contributed by atoms with Crippen LogP contribution >= 0.6 is 9.39 Å². The van der Waals surface area contributed by atoms with E-state index < -0.39 is 9.39 Å². The lowest BCUT2D eigenvalue weighted by molar-refractivity contribution is 0.317. The predicted octanol–water partition coefficient (Wildman–Crippen LogP) is 13.0. The molecule has 0 heterocycles. The molecule has 1 N–H and O–H groups in total. The third-order valence-corrected chi connectivity index (χ3v) is 8.98. The van der Waals surface area contributed by atoms with Gasteiger partial charge in [-0.3, -0.25) is 4.72 Å². The SMILES string of the molecule is C=C(C)c1ccccc1C.C=S(=C)(NCC(C)CCC(CC)C(C)C)C(C)C.CC.CC.CC.CCCCC. The van der Waals surface area contributed by atoms with Gasteiger partial charge in [0.1, 0.15) is 0 Å². The van der Waals surface area contributed by atoms with Gasteiger partial charge in [0.05, 0.1) is 0 Å². The van der Waals surface area contributed by atoms with Crippen LogP contribution in [0.5, 0.6) is 0 Å².